The Balaban J connectivity index is 2.47. The predicted molar refractivity (Wildman–Crippen MR) is 37.0 cm³/mol. The zero-order valence-corrected chi connectivity index (χ0v) is 5.95. The second-order valence-corrected chi connectivity index (χ2v) is 2.36. The van der Waals surface area contributed by atoms with Crippen molar-refractivity contribution in [2.45, 2.75) is 6.04 Å². The van der Waals surface area contributed by atoms with Crippen LogP contribution in [0.25, 0.3) is 0 Å². The van der Waals surface area contributed by atoms with Crippen LogP contribution in [0.3, 0.4) is 0 Å². The summed E-state index contributed by atoms with van der Waals surface area (Å²) in [7, 11) is 0. The second kappa shape index (κ2) is 3.21. The van der Waals surface area contributed by atoms with Crippen LogP contribution in [0, 0.1) is 11.3 Å². The lowest BCUT2D eigenvalue weighted by Crippen LogP contribution is -2.51. The van der Waals surface area contributed by atoms with Gasteiger partial charge in [-0.05, 0) is 0 Å². The number of nitrogens with one attached hydrogen (secondary N) is 1. The van der Waals surface area contributed by atoms with Crippen LogP contribution in [0.4, 0.5) is 4.79 Å². The Hall–Kier alpha value is -1.28. The molecule has 1 amide bonds. The number of hydrogen-bond acceptors (Lipinski definition) is 3. The van der Waals surface area contributed by atoms with Gasteiger partial charge in [-0.1, -0.05) is 0 Å². The van der Waals surface area contributed by atoms with Crippen LogP contribution in [0.15, 0.2) is 0 Å². The average Bonchev–Trinajstić information content (AvgIpc) is 2.05. The molecule has 0 saturated carbocycles. The van der Waals surface area contributed by atoms with Crippen molar-refractivity contribution in [2.75, 3.05) is 19.6 Å². The minimum atomic E-state index is -0.952. The Morgan fingerprint density at radius 3 is 3.09 bits per heavy atom. The van der Waals surface area contributed by atoms with Crippen LogP contribution in [0.5, 0.6) is 0 Å². The van der Waals surface area contributed by atoms with E-state index < -0.39 is 6.09 Å². The van der Waals surface area contributed by atoms with E-state index in [2.05, 4.69) is 5.32 Å². The van der Waals surface area contributed by atoms with Crippen LogP contribution in [0.2, 0.25) is 0 Å². The first kappa shape index (κ1) is 7.82. The molecule has 1 saturated heterocycles. The fourth-order valence-electron chi connectivity index (χ4n) is 1.01. The van der Waals surface area contributed by atoms with Gasteiger partial charge in [-0.15, -0.1) is 0 Å². The summed E-state index contributed by atoms with van der Waals surface area (Å²) in [6, 6.07) is 1.63. The lowest BCUT2D eigenvalue weighted by molar-refractivity contribution is 0.134. The fourth-order valence-corrected chi connectivity index (χ4v) is 1.01. The molecule has 1 aliphatic rings. The molecule has 0 radical (unpaired) electrons. The van der Waals surface area contributed by atoms with E-state index in [1.165, 1.54) is 4.90 Å². The molecule has 0 aromatic carbocycles. The summed E-state index contributed by atoms with van der Waals surface area (Å²) in [6.45, 7) is 1.30. The number of carboxylic acid groups (broad SMARTS) is 1. The maximum atomic E-state index is 10.4. The summed E-state index contributed by atoms with van der Waals surface area (Å²) < 4.78 is 0. The molecule has 60 valence electrons. The van der Waals surface area contributed by atoms with Crippen molar-refractivity contribution in [1.82, 2.24) is 10.2 Å². The van der Waals surface area contributed by atoms with E-state index in [9.17, 15) is 4.79 Å². The molecule has 5 nitrogen and oxygen atoms in total. The van der Waals surface area contributed by atoms with E-state index in [4.69, 9.17) is 10.4 Å². The second-order valence-electron chi connectivity index (χ2n) is 2.36. The Morgan fingerprint density at radius 1 is 1.82 bits per heavy atom. The van der Waals surface area contributed by atoms with Crippen LogP contribution in [-0.4, -0.2) is 41.8 Å². The van der Waals surface area contributed by atoms with Crippen molar-refractivity contribution in [3.8, 4) is 6.07 Å². The molecule has 1 heterocycles. The van der Waals surface area contributed by atoms with Crippen LogP contribution in [-0.2, 0) is 0 Å². The third-order valence-electron chi connectivity index (χ3n) is 1.60. The molecule has 0 aromatic rings. The molecule has 0 aliphatic carbocycles. The number of nitriles is 1. The van der Waals surface area contributed by atoms with Crippen molar-refractivity contribution in [3.63, 3.8) is 0 Å². The minimum Gasteiger partial charge on any atom is -0.465 e. The summed E-state index contributed by atoms with van der Waals surface area (Å²) in [6.07, 6.45) is -0.952. The molecule has 1 rings (SSSR count). The summed E-state index contributed by atoms with van der Waals surface area (Å²) in [5.74, 6) is 0. The molecule has 0 spiro atoms. The largest absolute Gasteiger partial charge is 0.465 e. The predicted octanol–water partition coefficient (Wildman–Crippen LogP) is -0.538. The molecular weight excluding hydrogens is 146 g/mol. The quantitative estimate of drug-likeness (QED) is 0.492. The summed E-state index contributed by atoms with van der Waals surface area (Å²) >= 11 is 0. The standard InChI is InChI=1S/C6H9N3O2/c7-3-5-4-9(6(10)11)2-1-8-5/h5,8H,1-2,4H2,(H,10,11)/t5-/m0/s1. The van der Waals surface area contributed by atoms with Crippen molar-refractivity contribution >= 4 is 6.09 Å². The Kier molecular flexibility index (Phi) is 2.28. The minimum absolute atomic E-state index is 0.270. The molecule has 0 bridgehead atoms. The molecule has 0 aromatic heterocycles. The van der Waals surface area contributed by atoms with E-state index in [-0.39, 0.29) is 12.6 Å². The van der Waals surface area contributed by atoms with E-state index in [1.54, 1.807) is 0 Å². The first-order chi connectivity index (χ1) is 5.24. The normalized spacial score (nSPS) is 24.3. The highest BCUT2D eigenvalue weighted by atomic mass is 16.4. The first-order valence-corrected chi connectivity index (χ1v) is 3.35. The van der Waals surface area contributed by atoms with Gasteiger partial charge in [0, 0.05) is 13.1 Å². The highest BCUT2D eigenvalue weighted by molar-refractivity contribution is 5.65. The topological polar surface area (TPSA) is 76.4 Å². The molecule has 1 fully saturated rings. The van der Waals surface area contributed by atoms with Crippen molar-refractivity contribution in [3.05, 3.63) is 0 Å². The zero-order chi connectivity index (χ0) is 8.27. The van der Waals surface area contributed by atoms with Gasteiger partial charge >= 0.3 is 6.09 Å². The smallest absolute Gasteiger partial charge is 0.407 e. The lowest BCUT2D eigenvalue weighted by atomic mass is 10.2. The molecule has 1 atom stereocenters. The van der Waals surface area contributed by atoms with Gasteiger partial charge in [-0.25, -0.2) is 4.79 Å². The van der Waals surface area contributed by atoms with Crippen molar-refractivity contribution in [1.29, 1.82) is 5.26 Å². The number of hydrogen-bond donors (Lipinski definition) is 2. The Labute approximate surface area is 64.2 Å². The maximum absolute atomic E-state index is 10.4. The Bertz CT molecular complexity index is 198. The molecular formula is C6H9N3O2. The SMILES string of the molecule is N#C[C@H]1CN(C(=O)O)CCN1. The third kappa shape index (κ3) is 1.82. The van der Waals surface area contributed by atoms with Crippen LogP contribution in [0.1, 0.15) is 0 Å². The summed E-state index contributed by atoms with van der Waals surface area (Å²) in [5, 5.41) is 19.9. The third-order valence-corrected chi connectivity index (χ3v) is 1.60. The van der Waals surface area contributed by atoms with E-state index >= 15 is 0 Å². The van der Waals surface area contributed by atoms with Gasteiger partial charge in [0.1, 0.15) is 6.04 Å². The number of rotatable bonds is 0. The highest BCUT2D eigenvalue weighted by Crippen LogP contribution is 1.97. The zero-order valence-electron chi connectivity index (χ0n) is 5.95. The van der Waals surface area contributed by atoms with Gasteiger partial charge in [0.2, 0.25) is 0 Å². The van der Waals surface area contributed by atoms with Crippen LogP contribution >= 0.6 is 0 Å². The molecule has 1 aliphatic heterocycles. The number of nitrogens with zero attached hydrogens (tertiary/aromatic N) is 2. The first-order valence-electron chi connectivity index (χ1n) is 3.35. The summed E-state index contributed by atoms with van der Waals surface area (Å²) in [5.41, 5.74) is 0. The fraction of sp³-hybridized carbons (Fsp3) is 0.667. The van der Waals surface area contributed by atoms with Gasteiger partial charge in [0.25, 0.3) is 0 Å². The van der Waals surface area contributed by atoms with Crippen molar-refractivity contribution in [2.24, 2.45) is 0 Å². The van der Waals surface area contributed by atoms with E-state index in [1.807, 2.05) is 6.07 Å². The van der Waals surface area contributed by atoms with Gasteiger partial charge in [-0.2, -0.15) is 5.26 Å². The average molecular weight is 155 g/mol. The van der Waals surface area contributed by atoms with Gasteiger partial charge in [-0.3, -0.25) is 5.32 Å². The van der Waals surface area contributed by atoms with Crippen LogP contribution < -0.4 is 5.32 Å². The van der Waals surface area contributed by atoms with Gasteiger partial charge in [0.15, 0.2) is 0 Å². The van der Waals surface area contributed by atoms with Gasteiger partial charge in [0.05, 0.1) is 12.6 Å². The molecule has 11 heavy (non-hydrogen) atoms. The lowest BCUT2D eigenvalue weighted by Gasteiger charge is -2.27. The maximum Gasteiger partial charge on any atom is 0.407 e. The number of amides is 1. The van der Waals surface area contributed by atoms with E-state index in [0.29, 0.717) is 13.1 Å². The number of piperazine rings is 1. The monoisotopic (exact) mass is 155 g/mol. The van der Waals surface area contributed by atoms with E-state index in [0.717, 1.165) is 0 Å². The molecule has 2 N–H and O–H groups in total. The Morgan fingerprint density at radius 2 is 2.55 bits per heavy atom. The molecule has 5 heteroatoms. The summed E-state index contributed by atoms with van der Waals surface area (Å²) in [4.78, 5) is 11.6. The highest BCUT2D eigenvalue weighted by Gasteiger charge is 2.21. The van der Waals surface area contributed by atoms with Gasteiger partial charge < -0.3 is 10.0 Å². The molecule has 0 unspecified atom stereocenters. The van der Waals surface area contributed by atoms with Crippen molar-refractivity contribution < 1.29 is 9.90 Å². The number of carbonyl (C=O) groups is 1.